The first-order chi connectivity index (χ1) is 25.9. The molecule has 0 fully saturated rings. The van der Waals surface area contributed by atoms with E-state index >= 15 is 0 Å². The lowest BCUT2D eigenvalue weighted by Gasteiger charge is -2.22. The lowest BCUT2D eigenvalue weighted by molar-refractivity contribution is 0.660. The van der Waals surface area contributed by atoms with Crippen LogP contribution in [0.25, 0.3) is 78.4 Å². The van der Waals surface area contributed by atoms with Gasteiger partial charge in [-0.3, -0.25) is 0 Å². The Morgan fingerprint density at radius 3 is 1.40 bits per heavy atom. The maximum atomic E-state index is 9.58. The van der Waals surface area contributed by atoms with Crippen molar-refractivity contribution in [2.75, 3.05) is 0 Å². The van der Waals surface area contributed by atoms with E-state index in [1.165, 1.54) is 44.5 Å². The van der Waals surface area contributed by atoms with Gasteiger partial charge in [0, 0.05) is 22.1 Å². The zero-order chi connectivity index (χ0) is 35.9. The average Bonchev–Trinajstić information content (AvgIpc) is 3.46. The summed E-state index contributed by atoms with van der Waals surface area (Å²) in [5, 5.41) is 9.58. The van der Waals surface area contributed by atoms with E-state index in [2.05, 4.69) is 172 Å². The molecule has 0 saturated heterocycles. The fourth-order valence-corrected chi connectivity index (χ4v) is 7.62. The number of fused-ring (bicyclic) bond motifs is 3. The second-order valence-electron chi connectivity index (χ2n) is 14.2. The lowest BCUT2D eigenvalue weighted by atomic mass is 9.81. The van der Waals surface area contributed by atoms with E-state index in [-0.39, 0.29) is 5.41 Å². The van der Waals surface area contributed by atoms with Crippen LogP contribution >= 0.6 is 0 Å². The van der Waals surface area contributed by atoms with Gasteiger partial charge in [0.2, 0.25) is 0 Å². The van der Waals surface area contributed by atoms with Crippen LogP contribution in [0.1, 0.15) is 30.5 Å². The molecule has 9 rings (SSSR count). The maximum Gasteiger partial charge on any atom is 0.160 e. The van der Waals surface area contributed by atoms with Gasteiger partial charge in [-0.2, -0.15) is 5.26 Å². The molecule has 0 saturated carbocycles. The molecule has 1 aliphatic carbocycles. The van der Waals surface area contributed by atoms with Crippen molar-refractivity contribution < 1.29 is 0 Å². The molecular formula is C50H35N3. The quantitative estimate of drug-likeness (QED) is 0.176. The van der Waals surface area contributed by atoms with Gasteiger partial charge in [-0.05, 0) is 86.0 Å². The molecule has 250 valence electrons. The Hall–Kier alpha value is -6.89. The van der Waals surface area contributed by atoms with Crippen LogP contribution in [-0.2, 0) is 5.41 Å². The minimum Gasteiger partial charge on any atom is -0.228 e. The third-order valence-corrected chi connectivity index (χ3v) is 10.6. The number of benzene rings is 7. The molecule has 1 aromatic heterocycles. The molecule has 0 radical (unpaired) electrons. The number of nitriles is 1. The highest BCUT2D eigenvalue weighted by Crippen LogP contribution is 2.50. The van der Waals surface area contributed by atoms with Crippen LogP contribution in [0.3, 0.4) is 0 Å². The Kier molecular flexibility index (Phi) is 7.87. The minimum atomic E-state index is -0.219. The fourth-order valence-electron chi connectivity index (χ4n) is 7.62. The molecule has 0 unspecified atom stereocenters. The van der Waals surface area contributed by atoms with E-state index in [4.69, 9.17) is 9.97 Å². The van der Waals surface area contributed by atoms with Crippen LogP contribution in [0, 0.1) is 11.3 Å². The average molecular weight is 678 g/mol. The number of hydrogen-bond acceptors (Lipinski definition) is 3. The molecule has 1 heterocycles. The van der Waals surface area contributed by atoms with Crippen molar-refractivity contribution >= 4 is 0 Å². The molecule has 3 heteroatoms. The van der Waals surface area contributed by atoms with Gasteiger partial charge in [0.05, 0.1) is 23.0 Å². The molecule has 53 heavy (non-hydrogen) atoms. The minimum absolute atomic E-state index is 0.219. The molecule has 7 aromatic carbocycles. The van der Waals surface area contributed by atoms with Crippen LogP contribution < -0.4 is 0 Å². The van der Waals surface area contributed by atoms with Crippen molar-refractivity contribution in [1.29, 1.82) is 5.26 Å². The second kappa shape index (κ2) is 13.0. The molecule has 0 N–H and O–H groups in total. The summed E-state index contributed by atoms with van der Waals surface area (Å²) < 4.78 is 0. The number of nitrogens with zero attached hydrogens (tertiary/aromatic N) is 3. The van der Waals surface area contributed by atoms with Gasteiger partial charge in [-0.25, -0.2) is 9.97 Å². The van der Waals surface area contributed by atoms with Crippen molar-refractivity contribution in [3.8, 4) is 84.5 Å². The van der Waals surface area contributed by atoms with Crippen molar-refractivity contribution in [2.45, 2.75) is 19.3 Å². The van der Waals surface area contributed by atoms with E-state index < -0.39 is 0 Å². The summed E-state index contributed by atoms with van der Waals surface area (Å²) in [6, 6.07) is 63.9. The molecule has 8 aromatic rings. The van der Waals surface area contributed by atoms with Crippen LogP contribution in [0.15, 0.2) is 176 Å². The molecular weight excluding hydrogens is 643 g/mol. The highest BCUT2D eigenvalue weighted by Gasteiger charge is 2.35. The predicted molar refractivity (Wildman–Crippen MR) is 217 cm³/mol. The summed E-state index contributed by atoms with van der Waals surface area (Å²) in [6.45, 7) is 4.50. The Morgan fingerprint density at radius 2 is 0.830 bits per heavy atom. The SMILES string of the molecule is CC1(C)c2cc(C#N)ccc2-c2ccc(-c3cccc(-c4nc(-c5ccc(-c6ccccc6)cc5)cc(-c5ccc(-c6ccccc6)cc5)n4)c3)cc21. The molecule has 0 bridgehead atoms. The zero-order valence-corrected chi connectivity index (χ0v) is 29.6. The number of hydrogen-bond donors (Lipinski definition) is 0. The van der Waals surface area contributed by atoms with Crippen LogP contribution in [0.2, 0.25) is 0 Å². The molecule has 0 spiro atoms. The molecule has 1 aliphatic rings. The Labute approximate surface area is 310 Å². The van der Waals surface area contributed by atoms with Gasteiger partial charge in [-0.1, -0.05) is 159 Å². The van der Waals surface area contributed by atoms with E-state index in [0.717, 1.165) is 39.2 Å². The molecule has 0 atom stereocenters. The zero-order valence-electron chi connectivity index (χ0n) is 29.6. The summed E-state index contributed by atoms with van der Waals surface area (Å²) in [5.41, 5.74) is 17.1. The van der Waals surface area contributed by atoms with Crippen molar-refractivity contribution in [1.82, 2.24) is 9.97 Å². The lowest BCUT2D eigenvalue weighted by Crippen LogP contribution is -2.15. The Bertz CT molecular complexity index is 2570. The smallest absolute Gasteiger partial charge is 0.160 e. The summed E-state index contributed by atoms with van der Waals surface area (Å²) in [7, 11) is 0. The first-order valence-electron chi connectivity index (χ1n) is 18.0. The van der Waals surface area contributed by atoms with Crippen LogP contribution in [0.4, 0.5) is 0 Å². The van der Waals surface area contributed by atoms with E-state index in [1.54, 1.807) is 0 Å². The fraction of sp³-hybridized carbons (Fsp3) is 0.0600. The molecule has 3 nitrogen and oxygen atoms in total. The van der Waals surface area contributed by atoms with Crippen LogP contribution in [-0.4, -0.2) is 9.97 Å². The molecule has 0 aliphatic heterocycles. The predicted octanol–water partition coefficient (Wildman–Crippen LogP) is 12.7. The highest BCUT2D eigenvalue weighted by atomic mass is 14.9. The van der Waals surface area contributed by atoms with Crippen molar-refractivity contribution in [3.05, 3.63) is 193 Å². The summed E-state index contributed by atoms with van der Waals surface area (Å²) in [4.78, 5) is 10.4. The first-order valence-corrected chi connectivity index (χ1v) is 18.0. The van der Waals surface area contributed by atoms with Gasteiger partial charge < -0.3 is 0 Å². The van der Waals surface area contributed by atoms with Gasteiger partial charge in [0.1, 0.15) is 0 Å². The monoisotopic (exact) mass is 677 g/mol. The van der Waals surface area contributed by atoms with Crippen LogP contribution in [0.5, 0.6) is 0 Å². The van der Waals surface area contributed by atoms with Gasteiger partial charge in [0.15, 0.2) is 5.82 Å². The Morgan fingerprint density at radius 1 is 0.396 bits per heavy atom. The number of rotatable bonds is 6. The van der Waals surface area contributed by atoms with Gasteiger partial charge >= 0.3 is 0 Å². The highest BCUT2D eigenvalue weighted by molar-refractivity contribution is 5.85. The maximum absolute atomic E-state index is 9.58. The van der Waals surface area contributed by atoms with Gasteiger partial charge in [-0.15, -0.1) is 0 Å². The van der Waals surface area contributed by atoms with Crippen molar-refractivity contribution in [2.24, 2.45) is 0 Å². The molecule has 0 amide bonds. The number of aromatic nitrogens is 2. The third kappa shape index (κ3) is 5.91. The van der Waals surface area contributed by atoms with E-state index in [0.29, 0.717) is 11.4 Å². The first kappa shape index (κ1) is 32.0. The normalized spacial score (nSPS) is 12.5. The summed E-state index contributed by atoms with van der Waals surface area (Å²) >= 11 is 0. The van der Waals surface area contributed by atoms with Gasteiger partial charge in [0.25, 0.3) is 0 Å². The third-order valence-electron chi connectivity index (χ3n) is 10.6. The van der Waals surface area contributed by atoms with Crippen molar-refractivity contribution in [3.63, 3.8) is 0 Å². The topological polar surface area (TPSA) is 49.6 Å². The van der Waals surface area contributed by atoms with E-state index in [9.17, 15) is 5.26 Å². The largest absolute Gasteiger partial charge is 0.228 e. The Balaban J connectivity index is 1.12. The summed E-state index contributed by atoms with van der Waals surface area (Å²) in [6.07, 6.45) is 0. The summed E-state index contributed by atoms with van der Waals surface area (Å²) in [5.74, 6) is 0.677. The standard InChI is InChI=1S/C50H35N3/c1-50(2)45-28-33(32-51)16-26-43(45)44-27-25-41(30-46(44)50)40-14-9-15-42(29-40)49-52-47(38-21-17-36(18-22-38)34-10-5-3-6-11-34)31-48(53-49)39-23-19-37(20-24-39)35-12-7-4-8-13-35/h3-31H,1-2H3. The second-order valence-corrected chi connectivity index (χ2v) is 14.2. The van der Waals surface area contributed by atoms with E-state index in [1.807, 2.05) is 24.3 Å².